The van der Waals surface area contributed by atoms with Gasteiger partial charge in [-0.15, -0.1) is 6.58 Å². The van der Waals surface area contributed by atoms with E-state index in [1.54, 1.807) is 41.5 Å². The normalized spacial score (nSPS) is 15.8. The second kappa shape index (κ2) is 16.9. The van der Waals surface area contributed by atoms with E-state index in [4.69, 9.17) is 4.74 Å². The maximum atomic E-state index is 13.8. The van der Waals surface area contributed by atoms with Gasteiger partial charge in [-0.25, -0.2) is 4.79 Å². The van der Waals surface area contributed by atoms with E-state index in [2.05, 4.69) is 27.8 Å². The average molecular weight is 676 g/mol. The predicted octanol–water partition coefficient (Wildman–Crippen LogP) is 3.57. The van der Waals surface area contributed by atoms with Gasteiger partial charge in [-0.2, -0.15) is 0 Å². The van der Waals surface area contributed by atoms with Crippen LogP contribution in [0, 0.1) is 5.41 Å². The lowest BCUT2D eigenvalue weighted by Gasteiger charge is -2.36. The molecule has 1 heterocycles. The van der Waals surface area contributed by atoms with E-state index in [9.17, 15) is 28.8 Å². The third kappa shape index (κ3) is 11.3. The number of benzene rings is 2. The lowest BCUT2D eigenvalue weighted by Crippen LogP contribution is -2.59. The highest BCUT2D eigenvalue weighted by molar-refractivity contribution is 6.38. The van der Waals surface area contributed by atoms with Crippen LogP contribution < -0.4 is 21.3 Å². The maximum Gasteiger partial charge on any atom is 0.408 e. The maximum absolute atomic E-state index is 13.8. The number of amides is 5. The number of alkyl carbamates (subject to hydrolysis) is 1. The van der Waals surface area contributed by atoms with Crippen molar-refractivity contribution in [1.82, 2.24) is 26.2 Å². The standard InChI is InChI=1S/C37H49N5O7/c1-8-16-26(30(44)33(46)38-23-28(43)40-29(24-17-11-9-12-18-24)25-19-13-10-14-20-25)39-32(45)27-21-15-22-42(27)34(47)31(36(2,3)4)41-35(48)49-37(5,6)7/h8-14,17-20,26-27,29,31H,1,15-16,21-23H2,2-7H3,(H,38,46)(H,39,45)(H,40,43)(H,41,48)/t26?,27-,31+/m0/s1. The van der Waals surface area contributed by atoms with Crippen molar-refractivity contribution in [2.75, 3.05) is 13.1 Å². The number of ether oxygens (including phenoxy) is 1. The second-order valence-electron chi connectivity index (χ2n) is 14.1. The Kier molecular flexibility index (Phi) is 13.3. The number of hydrogen-bond donors (Lipinski definition) is 4. The van der Waals surface area contributed by atoms with E-state index in [1.165, 1.54) is 11.0 Å². The van der Waals surface area contributed by atoms with Crippen LogP contribution in [-0.2, 0) is 28.7 Å². The van der Waals surface area contributed by atoms with E-state index < -0.39 is 77.2 Å². The Balaban J connectivity index is 1.65. The average Bonchev–Trinajstić information content (AvgIpc) is 3.54. The Labute approximate surface area is 288 Å². The van der Waals surface area contributed by atoms with Gasteiger partial charge in [-0.05, 0) is 56.6 Å². The zero-order chi connectivity index (χ0) is 36.4. The lowest BCUT2D eigenvalue weighted by molar-refractivity contribution is -0.144. The smallest absolute Gasteiger partial charge is 0.408 e. The number of rotatable bonds is 13. The number of likely N-dealkylation sites (tertiary alicyclic amines) is 1. The molecule has 5 amide bonds. The highest BCUT2D eigenvalue weighted by atomic mass is 16.6. The molecule has 1 unspecified atom stereocenters. The number of carbonyl (C=O) groups is 6. The summed E-state index contributed by atoms with van der Waals surface area (Å²) in [6, 6.07) is 15.0. The Morgan fingerprint density at radius 2 is 1.45 bits per heavy atom. The van der Waals surface area contributed by atoms with Gasteiger partial charge in [-0.3, -0.25) is 24.0 Å². The molecule has 0 radical (unpaired) electrons. The Bertz CT molecular complexity index is 1460. The fourth-order valence-corrected chi connectivity index (χ4v) is 5.48. The summed E-state index contributed by atoms with van der Waals surface area (Å²) < 4.78 is 5.36. The third-order valence-electron chi connectivity index (χ3n) is 7.85. The van der Waals surface area contributed by atoms with Gasteiger partial charge >= 0.3 is 6.09 Å². The molecule has 4 N–H and O–H groups in total. The molecule has 1 aliphatic rings. The van der Waals surface area contributed by atoms with Gasteiger partial charge in [0.05, 0.1) is 12.6 Å². The quantitative estimate of drug-likeness (QED) is 0.186. The molecule has 1 fully saturated rings. The molecule has 0 spiro atoms. The van der Waals surface area contributed by atoms with E-state index in [0.29, 0.717) is 12.8 Å². The molecule has 2 aromatic rings. The summed E-state index contributed by atoms with van der Waals surface area (Å²) in [7, 11) is 0. The summed E-state index contributed by atoms with van der Waals surface area (Å²) in [5, 5.41) is 10.5. The minimum atomic E-state index is -1.27. The monoisotopic (exact) mass is 675 g/mol. The first-order valence-corrected chi connectivity index (χ1v) is 16.4. The van der Waals surface area contributed by atoms with Crippen LogP contribution in [0.1, 0.15) is 78.0 Å². The van der Waals surface area contributed by atoms with Crippen LogP contribution in [0.3, 0.4) is 0 Å². The van der Waals surface area contributed by atoms with Gasteiger partial charge in [0.25, 0.3) is 5.91 Å². The van der Waals surface area contributed by atoms with Crippen molar-refractivity contribution in [1.29, 1.82) is 0 Å². The van der Waals surface area contributed by atoms with Crippen LogP contribution in [0.25, 0.3) is 0 Å². The summed E-state index contributed by atoms with van der Waals surface area (Å²) in [6.07, 6.45) is 1.43. The largest absolute Gasteiger partial charge is 0.444 e. The number of carbonyl (C=O) groups excluding carboxylic acids is 6. The van der Waals surface area contributed by atoms with Crippen LogP contribution >= 0.6 is 0 Å². The molecule has 12 heteroatoms. The van der Waals surface area contributed by atoms with Crippen LogP contribution in [0.4, 0.5) is 4.79 Å². The van der Waals surface area contributed by atoms with Gasteiger partial charge in [-0.1, -0.05) is 87.5 Å². The molecule has 1 aliphatic heterocycles. The van der Waals surface area contributed by atoms with Gasteiger partial charge in [0.2, 0.25) is 23.5 Å². The van der Waals surface area contributed by atoms with Crippen LogP contribution in [0.15, 0.2) is 73.3 Å². The summed E-state index contributed by atoms with van der Waals surface area (Å²) in [5.74, 6) is -3.60. The van der Waals surface area contributed by atoms with Crippen LogP contribution in [0.2, 0.25) is 0 Å². The summed E-state index contributed by atoms with van der Waals surface area (Å²) in [6.45, 7) is 13.9. The van der Waals surface area contributed by atoms with Crippen molar-refractivity contribution < 1.29 is 33.5 Å². The zero-order valence-corrected chi connectivity index (χ0v) is 29.2. The molecule has 2 aromatic carbocycles. The molecule has 49 heavy (non-hydrogen) atoms. The van der Waals surface area contributed by atoms with Gasteiger partial charge in [0.15, 0.2) is 0 Å². The topological polar surface area (TPSA) is 163 Å². The van der Waals surface area contributed by atoms with E-state index >= 15 is 0 Å². The van der Waals surface area contributed by atoms with Crippen molar-refractivity contribution in [2.24, 2.45) is 5.41 Å². The highest BCUT2D eigenvalue weighted by Gasteiger charge is 2.43. The van der Waals surface area contributed by atoms with E-state index in [1.807, 2.05) is 60.7 Å². The number of ketones is 1. The van der Waals surface area contributed by atoms with Crippen molar-refractivity contribution in [3.05, 3.63) is 84.4 Å². The highest BCUT2D eigenvalue weighted by Crippen LogP contribution is 2.27. The summed E-state index contributed by atoms with van der Waals surface area (Å²) >= 11 is 0. The molecule has 0 bridgehead atoms. The number of nitrogens with zero attached hydrogens (tertiary/aromatic N) is 1. The minimum Gasteiger partial charge on any atom is -0.444 e. The van der Waals surface area contributed by atoms with Crippen molar-refractivity contribution in [2.45, 2.75) is 90.6 Å². The zero-order valence-electron chi connectivity index (χ0n) is 29.2. The summed E-state index contributed by atoms with van der Waals surface area (Å²) in [5.41, 5.74) is 0.186. The molecule has 264 valence electrons. The molecule has 0 aromatic heterocycles. The summed E-state index contributed by atoms with van der Waals surface area (Å²) in [4.78, 5) is 80.3. The molecule has 1 saturated heterocycles. The Morgan fingerprint density at radius 3 is 1.96 bits per heavy atom. The Hall–Kier alpha value is -5.00. The number of Topliss-reactive ketones (excluding diaryl/α,β-unsaturated/α-hetero) is 1. The number of hydrogen-bond acceptors (Lipinski definition) is 7. The minimum absolute atomic E-state index is 0.0558. The van der Waals surface area contributed by atoms with Gasteiger partial charge < -0.3 is 30.9 Å². The molecular formula is C37H49N5O7. The van der Waals surface area contributed by atoms with E-state index in [0.717, 1.165) is 11.1 Å². The third-order valence-corrected chi connectivity index (χ3v) is 7.85. The molecule has 3 atom stereocenters. The first-order chi connectivity index (χ1) is 23.0. The molecular weight excluding hydrogens is 626 g/mol. The van der Waals surface area contributed by atoms with Crippen molar-refractivity contribution in [3.8, 4) is 0 Å². The fraction of sp³-hybridized carbons (Fsp3) is 0.459. The van der Waals surface area contributed by atoms with Crippen LogP contribution in [-0.4, -0.2) is 77.2 Å². The van der Waals surface area contributed by atoms with Gasteiger partial charge in [0, 0.05) is 6.54 Å². The fourth-order valence-electron chi connectivity index (χ4n) is 5.48. The molecule has 12 nitrogen and oxygen atoms in total. The predicted molar refractivity (Wildman–Crippen MR) is 185 cm³/mol. The first kappa shape index (κ1) is 38.4. The van der Waals surface area contributed by atoms with E-state index in [-0.39, 0.29) is 13.0 Å². The van der Waals surface area contributed by atoms with Crippen LogP contribution in [0.5, 0.6) is 0 Å². The molecule has 0 saturated carbocycles. The Morgan fingerprint density at radius 1 is 0.878 bits per heavy atom. The van der Waals surface area contributed by atoms with Gasteiger partial charge in [0.1, 0.15) is 23.7 Å². The SMILES string of the molecule is C=CCC(NC(=O)[C@@H]1CCCN1C(=O)[C@@H](NC(=O)OC(C)(C)C)C(C)(C)C)C(=O)C(=O)NCC(=O)NC(c1ccccc1)c1ccccc1. The first-order valence-electron chi connectivity index (χ1n) is 16.4. The lowest BCUT2D eigenvalue weighted by atomic mass is 9.85. The van der Waals surface area contributed by atoms with Crippen molar-refractivity contribution in [3.63, 3.8) is 0 Å². The molecule has 0 aliphatic carbocycles. The van der Waals surface area contributed by atoms with Crippen molar-refractivity contribution >= 4 is 35.5 Å². The number of nitrogens with one attached hydrogen (secondary N) is 4. The second-order valence-corrected chi connectivity index (χ2v) is 14.1. The molecule has 3 rings (SSSR count).